The van der Waals surface area contributed by atoms with Crippen molar-refractivity contribution in [2.75, 3.05) is 11.4 Å². The van der Waals surface area contributed by atoms with E-state index < -0.39 is 0 Å². The molecule has 0 aliphatic carbocycles. The van der Waals surface area contributed by atoms with Gasteiger partial charge in [-0.2, -0.15) is 0 Å². The molecule has 0 saturated carbocycles. The van der Waals surface area contributed by atoms with Crippen molar-refractivity contribution in [1.82, 2.24) is 0 Å². The predicted molar refractivity (Wildman–Crippen MR) is 83.7 cm³/mol. The molecule has 0 radical (unpaired) electrons. The topological polar surface area (TPSA) is 29.3 Å². The molecule has 0 amide bonds. The monoisotopic (exact) mass is 278 g/mol. The first-order valence-corrected chi connectivity index (χ1v) is 7.70. The Balaban J connectivity index is 2.49. The number of anilines is 1. The largest absolute Gasteiger partial charge is 0.366 e. The molecule has 2 nitrogen and oxygen atoms in total. The van der Waals surface area contributed by atoms with Gasteiger partial charge in [-0.05, 0) is 50.3 Å². The summed E-state index contributed by atoms with van der Waals surface area (Å²) in [7, 11) is 0. The summed E-state index contributed by atoms with van der Waals surface area (Å²) in [6.07, 6.45) is 3.39. The molecule has 1 aromatic carbocycles. The summed E-state index contributed by atoms with van der Waals surface area (Å²) < 4.78 is 14.1. The van der Waals surface area contributed by atoms with E-state index in [2.05, 4.69) is 32.6 Å². The number of unbranched alkanes of at least 4 members (excludes halogenated alkanes) is 1. The third-order valence-electron chi connectivity index (χ3n) is 4.51. The van der Waals surface area contributed by atoms with Crippen molar-refractivity contribution in [2.45, 2.75) is 65.0 Å². The van der Waals surface area contributed by atoms with Crippen LogP contribution in [-0.2, 0) is 6.54 Å². The zero-order valence-corrected chi connectivity index (χ0v) is 13.2. The second-order valence-corrected chi connectivity index (χ2v) is 6.63. The summed E-state index contributed by atoms with van der Waals surface area (Å²) >= 11 is 0. The molecular formula is C17H27FN2. The number of nitrogens with two attached hydrogens (primary N) is 1. The Morgan fingerprint density at radius 2 is 2.10 bits per heavy atom. The van der Waals surface area contributed by atoms with E-state index in [1.54, 1.807) is 6.07 Å². The van der Waals surface area contributed by atoms with Gasteiger partial charge >= 0.3 is 0 Å². The average molecular weight is 278 g/mol. The second-order valence-electron chi connectivity index (χ2n) is 6.63. The Kier molecular flexibility index (Phi) is 4.38. The molecule has 1 aliphatic heterocycles. The summed E-state index contributed by atoms with van der Waals surface area (Å²) in [5.74, 6) is 0.279. The molecule has 1 unspecified atom stereocenters. The molecule has 0 spiro atoms. The molecule has 0 bridgehead atoms. The van der Waals surface area contributed by atoms with Crippen LogP contribution < -0.4 is 10.6 Å². The third kappa shape index (κ3) is 2.69. The van der Waals surface area contributed by atoms with Gasteiger partial charge in [-0.3, -0.25) is 0 Å². The first kappa shape index (κ1) is 15.3. The Labute approximate surface area is 122 Å². The van der Waals surface area contributed by atoms with Crippen molar-refractivity contribution in [1.29, 1.82) is 0 Å². The average Bonchev–Trinajstić information content (AvgIpc) is 2.37. The lowest BCUT2D eigenvalue weighted by atomic mass is 9.79. The number of fused-ring (bicyclic) bond motifs is 1. The van der Waals surface area contributed by atoms with Crippen LogP contribution in [0.4, 0.5) is 10.1 Å². The van der Waals surface area contributed by atoms with E-state index >= 15 is 0 Å². The van der Waals surface area contributed by atoms with Crippen molar-refractivity contribution in [3.05, 3.63) is 29.1 Å². The van der Waals surface area contributed by atoms with Crippen LogP contribution in [0.15, 0.2) is 12.1 Å². The highest BCUT2D eigenvalue weighted by Gasteiger charge is 2.36. The van der Waals surface area contributed by atoms with Crippen molar-refractivity contribution in [3.63, 3.8) is 0 Å². The maximum atomic E-state index is 14.1. The molecule has 1 atom stereocenters. The van der Waals surface area contributed by atoms with E-state index in [1.165, 1.54) is 5.56 Å². The molecule has 1 aromatic rings. The number of hydrogen-bond acceptors (Lipinski definition) is 2. The Morgan fingerprint density at radius 3 is 2.70 bits per heavy atom. The molecule has 2 rings (SSSR count). The second kappa shape index (κ2) is 5.72. The van der Waals surface area contributed by atoms with Crippen molar-refractivity contribution in [2.24, 2.45) is 5.73 Å². The maximum Gasteiger partial charge on any atom is 0.129 e. The van der Waals surface area contributed by atoms with E-state index in [9.17, 15) is 4.39 Å². The minimum atomic E-state index is -0.169. The van der Waals surface area contributed by atoms with Gasteiger partial charge in [0.2, 0.25) is 0 Å². The van der Waals surface area contributed by atoms with Crippen LogP contribution in [0.1, 0.15) is 64.0 Å². The lowest BCUT2D eigenvalue weighted by Gasteiger charge is -2.48. The van der Waals surface area contributed by atoms with Gasteiger partial charge in [0, 0.05) is 29.9 Å². The van der Waals surface area contributed by atoms with Gasteiger partial charge in [0.15, 0.2) is 0 Å². The van der Waals surface area contributed by atoms with Gasteiger partial charge in [-0.25, -0.2) is 4.39 Å². The minimum Gasteiger partial charge on any atom is -0.366 e. The van der Waals surface area contributed by atoms with Gasteiger partial charge in [-0.15, -0.1) is 0 Å². The summed E-state index contributed by atoms with van der Waals surface area (Å²) in [5.41, 5.74) is 8.67. The molecule has 0 saturated heterocycles. The molecular weight excluding hydrogens is 251 g/mol. The Morgan fingerprint density at radius 1 is 1.40 bits per heavy atom. The van der Waals surface area contributed by atoms with E-state index in [-0.39, 0.29) is 17.9 Å². The van der Waals surface area contributed by atoms with Crippen LogP contribution >= 0.6 is 0 Å². The zero-order valence-electron chi connectivity index (χ0n) is 13.2. The Bertz CT molecular complexity index is 482. The lowest BCUT2D eigenvalue weighted by Crippen LogP contribution is -2.48. The predicted octanol–water partition coefficient (Wildman–Crippen LogP) is 4.18. The van der Waals surface area contributed by atoms with Gasteiger partial charge in [0.1, 0.15) is 5.82 Å². The van der Waals surface area contributed by atoms with Crippen molar-refractivity contribution >= 4 is 5.69 Å². The maximum absolute atomic E-state index is 14.1. The number of nitrogens with zero attached hydrogens (tertiary/aromatic N) is 1. The number of hydrogen-bond donors (Lipinski definition) is 1. The van der Waals surface area contributed by atoms with Crippen LogP contribution in [0.25, 0.3) is 0 Å². The normalized spacial score (nSPS) is 20.9. The highest BCUT2D eigenvalue weighted by molar-refractivity contribution is 5.61. The van der Waals surface area contributed by atoms with Crippen LogP contribution in [0.5, 0.6) is 0 Å². The fraction of sp³-hybridized carbons (Fsp3) is 0.647. The first-order chi connectivity index (χ1) is 9.40. The molecule has 1 aliphatic rings. The van der Waals surface area contributed by atoms with Crippen LogP contribution in [0.2, 0.25) is 0 Å². The quantitative estimate of drug-likeness (QED) is 0.895. The van der Waals surface area contributed by atoms with Crippen molar-refractivity contribution in [3.8, 4) is 0 Å². The summed E-state index contributed by atoms with van der Waals surface area (Å²) in [6, 6.07) is 3.67. The summed E-state index contributed by atoms with van der Waals surface area (Å²) in [5, 5.41) is 0. The minimum absolute atomic E-state index is 0.0816. The van der Waals surface area contributed by atoms with Gasteiger partial charge < -0.3 is 10.6 Å². The van der Waals surface area contributed by atoms with Gasteiger partial charge in [0.05, 0.1) is 0 Å². The fourth-order valence-corrected chi connectivity index (χ4v) is 3.45. The molecule has 0 fully saturated rings. The number of benzene rings is 1. The van der Waals surface area contributed by atoms with Gasteiger partial charge in [-0.1, -0.05) is 20.3 Å². The fourth-order valence-electron chi connectivity index (χ4n) is 3.45. The third-order valence-corrected chi connectivity index (χ3v) is 4.51. The molecule has 0 aromatic heterocycles. The van der Waals surface area contributed by atoms with Crippen LogP contribution in [0, 0.1) is 5.82 Å². The van der Waals surface area contributed by atoms with E-state index in [4.69, 9.17) is 5.73 Å². The van der Waals surface area contributed by atoms with Crippen LogP contribution in [-0.4, -0.2) is 12.1 Å². The van der Waals surface area contributed by atoms with Crippen LogP contribution in [0.3, 0.4) is 0 Å². The summed E-state index contributed by atoms with van der Waals surface area (Å²) in [4.78, 5) is 2.38. The molecule has 1 heterocycles. The molecule has 112 valence electrons. The number of halogens is 1. The molecule has 3 heteroatoms. The van der Waals surface area contributed by atoms with E-state index in [1.807, 2.05) is 6.07 Å². The molecule has 2 N–H and O–H groups in total. The van der Waals surface area contributed by atoms with Crippen molar-refractivity contribution < 1.29 is 4.39 Å². The zero-order chi connectivity index (χ0) is 14.9. The Hall–Kier alpha value is -1.09. The SMILES string of the molecule is CCCCN1c2cc(F)c(CN)cc2C(C)CC1(C)C. The lowest BCUT2D eigenvalue weighted by molar-refractivity contribution is 0.372. The van der Waals surface area contributed by atoms with E-state index in [0.29, 0.717) is 11.5 Å². The van der Waals surface area contributed by atoms with E-state index in [0.717, 1.165) is 31.5 Å². The standard InChI is InChI=1S/C17H27FN2/c1-5-6-7-20-16-9-15(18)13(11-19)8-14(16)12(2)10-17(20,3)4/h8-9,12H,5-7,10-11,19H2,1-4H3. The highest BCUT2D eigenvalue weighted by atomic mass is 19.1. The number of rotatable bonds is 4. The summed E-state index contributed by atoms with van der Waals surface area (Å²) in [6.45, 7) is 10.2. The first-order valence-electron chi connectivity index (χ1n) is 7.70. The molecule has 20 heavy (non-hydrogen) atoms. The highest BCUT2D eigenvalue weighted by Crippen LogP contribution is 2.44. The van der Waals surface area contributed by atoms with Gasteiger partial charge in [0.25, 0.3) is 0 Å². The smallest absolute Gasteiger partial charge is 0.129 e.